The van der Waals surface area contributed by atoms with Crippen molar-refractivity contribution in [2.24, 2.45) is 22.7 Å². The maximum Gasteiger partial charge on any atom is 0.303 e. The van der Waals surface area contributed by atoms with Gasteiger partial charge in [0.2, 0.25) is 5.69 Å². The molecule has 1 saturated carbocycles. The third kappa shape index (κ3) is 8.77. The molecule has 3 aromatic rings. The van der Waals surface area contributed by atoms with Gasteiger partial charge in [0, 0.05) is 52.5 Å². The Morgan fingerprint density at radius 1 is 0.794 bits per heavy atom. The van der Waals surface area contributed by atoms with Crippen molar-refractivity contribution in [3.8, 4) is 5.75 Å². The van der Waals surface area contributed by atoms with Gasteiger partial charge < -0.3 is 14.7 Å². The molecule has 17 nitrogen and oxygen atoms in total. The van der Waals surface area contributed by atoms with Crippen LogP contribution in [-0.4, -0.2) is 97.8 Å². The van der Waals surface area contributed by atoms with Gasteiger partial charge in [-0.25, -0.2) is 0 Å². The molecule has 0 aromatic heterocycles. The van der Waals surface area contributed by atoms with E-state index in [0.717, 1.165) is 16.7 Å². The number of aryl methyl sites for hydroxylation is 1. The summed E-state index contributed by atoms with van der Waals surface area (Å²) < 4.78 is 149. The van der Waals surface area contributed by atoms with E-state index in [2.05, 4.69) is 26.8 Å². The minimum Gasteiger partial charge on any atom is -0.481 e. The third-order valence-electron chi connectivity index (χ3n) is 14.4. The maximum atomic E-state index is 12.5. The molecule has 2 bridgehead atoms. The number of allylic oxidation sites excluding steroid dienone is 5. The van der Waals surface area contributed by atoms with Crippen LogP contribution in [0.2, 0.25) is 0 Å². The van der Waals surface area contributed by atoms with Crippen molar-refractivity contribution in [1.82, 2.24) is 0 Å². The second-order valence-electron chi connectivity index (χ2n) is 20.5. The molecule has 5 N–H and O–H groups in total. The summed E-state index contributed by atoms with van der Waals surface area (Å²) in [4.78, 5) is 12.5. The third-order valence-corrected chi connectivity index (χ3v) is 17.5. The normalized spacial score (nSPS) is 24.1. The summed E-state index contributed by atoms with van der Waals surface area (Å²) >= 11 is 0. The van der Waals surface area contributed by atoms with E-state index in [1.54, 1.807) is 33.7 Å². The van der Waals surface area contributed by atoms with Crippen LogP contribution >= 0.6 is 0 Å². The summed E-state index contributed by atoms with van der Waals surface area (Å²) in [5.74, 6) is -1.83. The average molecular weight is 1020 g/mol. The van der Waals surface area contributed by atoms with Crippen LogP contribution in [0.25, 0.3) is 0 Å². The number of fused-ring (bicyclic) bond motifs is 3. The Bertz CT molecular complexity index is 3290. The predicted molar refractivity (Wildman–Crippen MR) is 252 cm³/mol. The standard InChI is InChI=1S/C47H54N2O15S4/c1-44(2,3)33-25-32-31(41-45(4,5)35-22-29(67(58,59)60)13-15-38(35)48(41)18-20-65(52,53)54)24-34(33)47(43(32)64-28-11-8-27(9-12-28)10-17-40(50)51)26-37(47)42-46(6,7)36-23-30(68(61,62)63)14-16-39(36)49(42)19-21-66(55,56)57/h8-9,11-16,22-24,33-34H,10,17-21,25-26H2,1-7H3,(H4-,50,51,52,53,54,55,56,57,58,59,60,61,62,63)/p+1. The number of hydrogen-bond acceptors (Lipinski definition) is 11. The zero-order valence-electron chi connectivity index (χ0n) is 38.5. The van der Waals surface area contributed by atoms with Gasteiger partial charge in [0.05, 0.1) is 26.4 Å². The molecule has 21 heteroatoms. The average Bonchev–Trinajstić information content (AvgIpc) is 3.80. The molecule has 0 saturated heterocycles. The second-order valence-corrected chi connectivity index (χ2v) is 26.5. The monoisotopic (exact) mass is 1020 g/mol. The zero-order chi connectivity index (χ0) is 50.1. The van der Waals surface area contributed by atoms with E-state index in [1.165, 1.54) is 36.4 Å². The first-order valence-electron chi connectivity index (χ1n) is 21.9. The number of rotatable bonds is 14. The largest absolute Gasteiger partial charge is 0.481 e. The van der Waals surface area contributed by atoms with Crippen molar-refractivity contribution in [3.63, 3.8) is 0 Å². The number of hydrogen-bond donors (Lipinski definition) is 5. The van der Waals surface area contributed by atoms with E-state index >= 15 is 0 Å². The molecule has 0 amide bonds. The van der Waals surface area contributed by atoms with E-state index in [1.807, 2.05) is 27.7 Å². The number of nitrogens with zero attached hydrogens (tertiary/aromatic N) is 2. The van der Waals surface area contributed by atoms with E-state index < -0.39 is 74.2 Å². The van der Waals surface area contributed by atoms with Crippen LogP contribution in [0.3, 0.4) is 0 Å². The van der Waals surface area contributed by atoms with Gasteiger partial charge >= 0.3 is 5.97 Å². The fraction of sp³-hybridized carbons (Fsp3) is 0.447. The lowest BCUT2D eigenvalue weighted by Gasteiger charge is -2.49. The molecule has 4 aliphatic carbocycles. The van der Waals surface area contributed by atoms with Gasteiger partial charge in [-0.05, 0) is 110 Å². The van der Waals surface area contributed by atoms with E-state index in [-0.39, 0.29) is 53.0 Å². The Balaban J connectivity index is 1.40. The molecule has 68 heavy (non-hydrogen) atoms. The van der Waals surface area contributed by atoms with Crippen molar-refractivity contribution in [3.05, 3.63) is 112 Å². The first-order valence-corrected chi connectivity index (χ1v) is 28.0. The van der Waals surface area contributed by atoms with Gasteiger partial charge in [0.1, 0.15) is 17.3 Å². The molecule has 6 aliphatic rings. The number of carbonyl (C=O) groups is 1. The van der Waals surface area contributed by atoms with Crippen LogP contribution in [0.1, 0.15) is 84.4 Å². The molecule has 1 spiro atoms. The number of aliphatic carboxylic acids is 1. The summed E-state index contributed by atoms with van der Waals surface area (Å²) in [5, 5.41) is 9.34. The smallest absolute Gasteiger partial charge is 0.303 e. The molecular weight excluding hydrogens is 961 g/mol. The Kier molecular flexibility index (Phi) is 11.8. The SMILES string of the molecule is CC1(C)C(=C2CC23C(Oc2ccc(CCC(=O)O)cc2)=C2CC(C(C)(C)C)C3C=C2C2=[N+](CCS(=O)(=O)O)c3ccc(S(=O)(=O)O)cc3C2(C)C)N(CCS(=O)(=O)O)c2ccc(S(=O)(=O)O)cc21. The Labute approximate surface area is 396 Å². The Morgan fingerprint density at radius 3 is 1.94 bits per heavy atom. The molecule has 3 unspecified atom stereocenters. The van der Waals surface area contributed by atoms with Crippen molar-refractivity contribution >= 4 is 63.5 Å². The van der Waals surface area contributed by atoms with Gasteiger partial charge in [-0.15, -0.1) is 0 Å². The van der Waals surface area contributed by atoms with Gasteiger partial charge in [-0.3, -0.25) is 23.0 Å². The summed E-state index contributed by atoms with van der Waals surface area (Å²) in [6, 6.07) is 15.2. The molecule has 2 heterocycles. The van der Waals surface area contributed by atoms with Crippen LogP contribution in [0, 0.1) is 22.7 Å². The van der Waals surface area contributed by atoms with Crippen molar-refractivity contribution in [1.29, 1.82) is 0 Å². The fourth-order valence-electron chi connectivity index (χ4n) is 11.2. The highest BCUT2D eigenvalue weighted by atomic mass is 32.2. The Hall–Kier alpha value is -4.74. The minimum atomic E-state index is -4.67. The zero-order valence-corrected chi connectivity index (χ0v) is 41.8. The van der Waals surface area contributed by atoms with Gasteiger partial charge in [-0.2, -0.15) is 38.2 Å². The maximum absolute atomic E-state index is 12.5. The lowest BCUT2D eigenvalue weighted by atomic mass is 9.55. The number of carboxylic acids is 1. The summed E-state index contributed by atoms with van der Waals surface area (Å²) in [6.45, 7) is 13.4. The number of carboxylic acid groups (broad SMARTS) is 1. The van der Waals surface area contributed by atoms with Crippen LogP contribution in [-0.2, 0) is 62.5 Å². The van der Waals surface area contributed by atoms with Gasteiger partial charge in [-0.1, -0.05) is 52.8 Å². The highest BCUT2D eigenvalue weighted by Gasteiger charge is 2.69. The first kappa shape index (κ1) is 49.7. The van der Waals surface area contributed by atoms with E-state index in [9.17, 15) is 61.8 Å². The molecule has 1 fully saturated rings. The lowest BCUT2D eigenvalue weighted by Crippen LogP contribution is -2.46. The van der Waals surface area contributed by atoms with E-state index in [4.69, 9.17) is 4.74 Å². The second kappa shape index (κ2) is 16.2. The van der Waals surface area contributed by atoms with Crippen LogP contribution in [0.5, 0.6) is 5.75 Å². The molecule has 0 radical (unpaired) electrons. The topological polar surface area (TPSA) is 270 Å². The first-order chi connectivity index (χ1) is 31.2. The van der Waals surface area contributed by atoms with Crippen LogP contribution < -0.4 is 9.64 Å². The fourth-order valence-corrected chi connectivity index (χ4v) is 13.1. The van der Waals surface area contributed by atoms with Crippen LogP contribution in [0.15, 0.2) is 105 Å². The van der Waals surface area contributed by atoms with Gasteiger partial charge in [0.25, 0.3) is 40.5 Å². The highest BCUT2D eigenvalue weighted by molar-refractivity contribution is 7.86. The minimum absolute atomic E-state index is 0.0840. The summed E-state index contributed by atoms with van der Waals surface area (Å²) in [7, 11) is -18.4. The highest BCUT2D eigenvalue weighted by Crippen LogP contribution is 2.75. The van der Waals surface area contributed by atoms with Gasteiger partial charge in [0.15, 0.2) is 12.3 Å². The molecule has 2 aliphatic heterocycles. The quantitative estimate of drug-likeness (QED) is 0.0826. The van der Waals surface area contributed by atoms with Crippen molar-refractivity contribution < 1.29 is 71.1 Å². The number of benzene rings is 3. The molecule has 3 atom stereocenters. The predicted octanol–water partition coefficient (Wildman–Crippen LogP) is 6.75. The summed E-state index contributed by atoms with van der Waals surface area (Å²) in [5.41, 5.74) is 2.82. The molecule has 3 aromatic carbocycles. The lowest BCUT2D eigenvalue weighted by molar-refractivity contribution is -0.432. The van der Waals surface area contributed by atoms with Crippen LogP contribution in [0.4, 0.5) is 11.4 Å². The van der Waals surface area contributed by atoms with Crippen molar-refractivity contribution in [2.75, 3.05) is 29.5 Å². The molecule has 9 rings (SSSR count). The Morgan fingerprint density at radius 2 is 1.38 bits per heavy atom. The molecule has 366 valence electrons. The number of ether oxygens (including phenoxy) is 1. The van der Waals surface area contributed by atoms with Crippen molar-refractivity contribution in [2.45, 2.75) is 94.8 Å². The van der Waals surface area contributed by atoms with E-state index in [0.29, 0.717) is 63.8 Å². The summed E-state index contributed by atoms with van der Waals surface area (Å²) in [6.07, 6.45) is 3.15. The molecular formula is C47H55N2O15S4+. The number of anilines is 1.